The third kappa shape index (κ3) is 2.94. The van der Waals surface area contributed by atoms with Gasteiger partial charge in [0.2, 0.25) is 0 Å². The summed E-state index contributed by atoms with van der Waals surface area (Å²) in [6.45, 7) is 7.14. The molecule has 1 aliphatic heterocycles. The lowest BCUT2D eigenvalue weighted by Crippen LogP contribution is -2.54. The molecule has 0 saturated carbocycles. The summed E-state index contributed by atoms with van der Waals surface area (Å²) >= 11 is 1.71. The lowest BCUT2D eigenvalue weighted by atomic mass is 10.0. The van der Waals surface area contributed by atoms with Crippen molar-refractivity contribution in [3.8, 4) is 0 Å². The van der Waals surface area contributed by atoms with Crippen LogP contribution >= 0.6 is 11.3 Å². The third-order valence-corrected chi connectivity index (χ3v) is 5.24. The van der Waals surface area contributed by atoms with Crippen LogP contribution in [0.1, 0.15) is 13.8 Å². The predicted molar refractivity (Wildman–Crippen MR) is 89.7 cm³/mol. The third-order valence-electron chi connectivity index (χ3n) is 4.15. The Hall–Kier alpha value is -1.66. The fourth-order valence-corrected chi connectivity index (χ4v) is 4.07. The van der Waals surface area contributed by atoms with Crippen molar-refractivity contribution < 1.29 is 9.90 Å². The minimum atomic E-state index is -0.719. The Morgan fingerprint density at radius 2 is 1.91 bits per heavy atom. The molecule has 3 rings (SSSR count). The number of para-hydroxylation sites is 1. The first kappa shape index (κ1) is 15.2. The van der Waals surface area contributed by atoms with E-state index in [4.69, 9.17) is 0 Å². The Morgan fingerprint density at radius 3 is 2.50 bits per heavy atom. The summed E-state index contributed by atoms with van der Waals surface area (Å²) in [7, 11) is 0. The van der Waals surface area contributed by atoms with Crippen LogP contribution in [0.25, 0.3) is 10.2 Å². The van der Waals surface area contributed by atoms with Crippen LogP contribution in [-0.2, 0) is 4.79 Å². The first-order valence-electron chi connectivity index (χ1n) is 7.63. The lowest BCUT2D eigenvalue weighted by Gasteiger charge is -2.38. The second-order valence-electron chi connectivity index (χ2n) is 6.01. The van der Waals surface area contributed by atoms with Crippen LogP contribution < -0.4 is 4.90 Å². The maximum atomic E-state index is 11.4. The predicted octanol–water partition coefficient (Wildman–Crippen LogP) is 2.53. The summed E-state index contributed by atoms with van der Waals surface area (Å²) in [6, 6.07) is 7.76. The normalized spacial score (nSPS) is 18.0. The number of thiazole rings is 1. The molecule has 5 nitrogen and oxygen atoms in total. The van der Waals surface area contributed by atoms with E-state index in [1.54, 1.807) is 11.3 Å². The Morgan fingerprint density at radius 1 is 1.23 bits per heavy atom. The van der Waals surface area contributed by atoms with E-state index in [1.165, 1.54) is 4.70 Å². The fourth-order valence-electron chi connectivity index (χ4n) is 3.05. The van der Waals surface area contributed by atoms with Crippen LogP contribution in [-0.4, -0.2) is 53.2 Å². The molecule has 1 unspecified atom stereocenters. The average molecular weight is 319 g/mol. The number of piperazine rings is 1. The van der Waals surface area contributed by atoms with Gasteiger partial charge in [0.1, 0.15) is 6.04 Å². The molecule has 1 saturated heterocycles. The highest BCUT2D eigenvalue weighted by Crippen LogP contribution is 2.29. The van der Waals surface area contributed by atoms with E-state index >= 15 is 0 Å². The Bertz CT molecular complexity index is 629. The van der Waals surface area contributed by atoms with Crippen molar-refractivity contribution in [2.75, 3.05) is 31.1 Å². The lowest BCUT2D eigenvalue weighted by molar-refractivity contribution is -0.145. The molecule has 1 atom stereocenters. The van der Waals surface area contributed by atoms with Crippen molar-refractivity contribution in [3.63, 3.8) is 0 Å². The molecule has 0 spiro atoms. The van der Waals surface area contributed by atoms with Crippen LogP contribution in [0.5, 0.6) is 0 Å². The average Bonchev–Trinajstić information content (AvgIpc) is 2.91. The molecule has 1 N–H and O–H groups in total. The van der Waals surface area contributed by atoms with Gasteiger partial charge in [-0.15, -0.1) is 0 Å². The van der Waals surface area contributed by atoms with E-state index in [2.05, 4.69) is 20.9 Å². The first-order chi connectivity index (χ1) is 10.6. The molecule has 1 aromatic heterocycles. The molecular weight excluding hydrogens is 298 g/mol. The van der Waals surface area contributed by atoms with Crippen molar-refractivity contribution in [3.05, 3.63) is 24.3 Å². The van der Waals surface area contributed by atoms with Crippen LogP contribution in [0.4, 0.5) is 5.13 Å². The molecule has 2 heterocycles. The van der Waals surface area contributed by atoms with Crippen LogP contribution in [0, 0.1) is 5.92 Å². The number of hydrogen-bond acceptors (Lipinski definition) is 5. The van der Waals surface area contributed by atoms with E-state index in [-0.39, 0.29) is 5.92 Å². The molecular formula is C16H21N3O2S. The number of aromatic nitrogens is 1. The number of hydrogen-bond donors (Lipinski definition) is 1. The van der Waals surface area contributed by atoms with Gasteiger partial charge in [-0.2, -0.15) is 0 Å². The number of carbonyl (C=O) groups is 1. The number of carboxylic acid groups (broad SMARTS) is 1. The van der Waals surface area contributed by atoms with Gasteiger partial charge in [-0.3, -0.25) is 9.69 Å². The number of benzene rings is 1. The number of aliphatic carboxylic acids is 1. The second kappa shape index (κ2) is 6.22. The molecule has 0 aliphatic carbocycles. The van der Waals surface area contributed by atoms with Crippen molar-refractivity contribution in [1.29, 1.82) is 0 Å². The maximum absolute atomic E-state index is 11.4. The zero-order valence-electron chi connectivity index (χ0n) is 12.9. The zero-order chi connectivity index (χ0) is 15.7. The van der Waals surface area contributed by atoms with Gasteiger partial charge in [-0.1, -0.05) is 37.3 Å². The van der Waals surface area contributed by atoms with Gasteiger partial charge in [-0.05, 0) is 18.1 Å². The highest BCUT2D eigenvalue weighted by molar-refractivity contribution is 7.22. The van der Waals surface area contributed by atoms with Crippen LogP contribution in [0.15, 0.2) is 24.3 Å². The summed E-state index contributed by atoms with van der Waals surface area (Å²) in [4.78, 5) is 20.5. The van der Waals surface area contributed by atoms with Gasteiger partial charge in [0.25, 0.3) is 0 Å². The molecule has 1 aliphatic rings. The quantitative estimate of drug-likeness (QED) is 0.938. The number of fused-ring (bicyclic) bond motifs is 1. The zero-order valence-corrected chi connectivity index (χ0v) is 13.7. The van der Waals surface area contributed by atoms with Crippen molar-refractivity contribution in [2.24, 2.45) is 5.92 Å². The minimum Gasteiger partial charge on any atom is -0.480 e. The minimum absolute atomic E-state index is 0.117. The van der Waals surface area contributed by atoms with Gasteiger partial charge in [0.05, 0.1) is 10.2 Å². The molecule has 0 amide bonds. The van der Waals surface area contributed by atoms with Crippen molar-refractivity contribution >= 4 is 32.7 Å². The monoisotopic (exact) mass is 319 g/mol. The maximum Gasteiger partial charge on any atom is 0.321 e. The highest BCUT2D eigenvalue weighted by Gasteiger charge is 2.31. The molecule has 118 valence electrons. The number of anilines is 1. The SMILES string of the molecule is CC(C)C(C(=O)O)N1CCN(c2nc3ccccc3s2)CC1. The fraction of sp³-hybridized carbons (Fsp3) is 0.500. The van der Waals surface area contributed by atoms with Gasteiger partial charge < -0.3 is 10.0 Å². The second-order valence-corrected chi connectivity index (χ2v) is 7.02. The Labute approximate surface area is 134 Å². The van der Waals surface area contributed by atoms with Gasteiger partial charge in [0, 0.05) is 26.2 Å². The summed E-state index contributed by atoms with van der Waals surface area (Å²) in [6.07, 6.45) is 0. The van der Waals surface area contributed by atoms with E-state index in [0.29, 0.717) is 0 Å². The summed E-state index contributed by atoms with van der Waals surface area (Å²) < 4.78 is 1.20. The smallest absolute Gasteiger partial charge is 0.321 e. The van der Waals surface area contributed by atoms with E-state index in [0.717, 1.165) is 36.8 Å². The molecule has 1 aromatic carbocycles. The van der Waals surface area contributed by atoms with Gasteiger partial charge >= 0.3 is 5.97 Å². The first-order valence-corrected chi connectivity index (χ1v) is 8.45. The van der Waals surface area contributed by atoms with E-state index in [9.17, 15) is 9.90 Å². The summed E-state index contributed by atoms with van der Waals surface area (Å²) in [5.41, 5.74) is 1.04. The summed E-state index contributed by atoms with van der Waals surface area (Å²) in [5.74, 6) is -0.602. The standard InChI is InChI=1S/C16H21N3O2S/c1-11(2)14(15(20)21)18-7-9-19(10-8-18)16-17-12-5-3-4-6-13(12)22-16/h3-6,11,14H,7-10H2,1-2H3,(H,20,21). The molecule has 6 heteroatoms. The highest BCUT2D eigenvalue weighted by atomic mass is 32.1. The molecule has 0 radical (unpaired) electrons. The van der Waals surface area contributed by atoms with Crippen LogP contribution in [0.2, 0.25) is 0 Å². The Kier molecular flexibility index (Phi) is 4.31. The van der Waals surface area contributed by atoms with Crippen LogP contribution in [0.3, 0.4) is 0 Å². The van der Waals surface area contributed by atoms with E-state index in [1.807, 2.05) is 32.0 Å². The Balaban J connectivity index is 1.69. The topological polar surface area (TPSA) is 56.7 Å². The molecule has 1 fully saturated rings. The number of carboxylic acids is 1. The molecule has 0 bridgehead atoms. The number of nitrogens with zero attached hydrogens (tertiary/aromatic N) is 3. The number of rotatable bonds is 4. The van der Waals surface area contributed by atoms with Crippen molar-refractivity contribution in [2.45, 2.75) is 19.9 Å². The molecule has 2 aromatic rings. The largest absolute Gasteiger partial charge is 0.480 e. The summed E-state index contributed by atoms with van der Waals surface area (Å²) in [5, 5.41) is 10.4. The van der Waals surface area contributed by atoms with Gasteiger partial charge in [-0.25, -0.2) is 4.98 Å². The molecule has 22 heavy (non-hydrogen) atoms. The van der Waals surface area contributed by atoms with Crippen molar-refractivity contribution in [1.82, 2.24) is 9.88 Å². The van der Waals surface area contributed by atoms with Gasteiger partial charge in [0.15, 0.2) is 5.13 Å². The van der Waals surface area contributed by atoms with E-state index < -0.39 is 12.0 Å².